The van der Waals surface area contributed by atoms with Crippen molar-refractivity contribution in [3.63, 3.8) is 0 Å². The highest BCUT2D eigenvalue weighted by Crippen LogP contribution is 2.32. The number of carbonyl (C=O) groups is 2. The van der Waals surface area contributed by atoms with E-state index in [1.54, 1.807) is 49.4 Å². The van der Waals surface area contributed by atoms with Crippen LogP contribution in [-0.4, -0.2) is 30.9 Å². The number of hydrogen-bond acceptors (Lipinski definition) is 5. The first-order valence-electron chi connectivity index (χ1n) is 7.80. The highest BCUT2D eigenvalue weighted by molar-refractivity contribution is 6.30. The summed E-state index contributed by atoms with van der Waals surface area (Å²) in [5, 5.41) is 7.16. The molecule has 0 saturated heterocycles. The molecule has 3 rings (SSSR count). The summed E-state index contributed by atoms with van der Waals surface area (Å²) >= 11 is 5.83. The van der Waals surface area contributed by atoms with Crippen LogP contribution in [0.3, 0.4) is 0 Å². The topological polar surface area (TPSA) is 89.0 Å². The molecule has 0 aromatic heterocycles. The minimum absolute atomic E-state index is 0.133. The van der Waals surface area contributed by atoms with Crippen LogP contribution in [0.5, 0.6) is 11.5 Å². The summed E-state index contributed by atoms with van der Waals surface area (Å²) in [4.78, 5) is 24.0. The highest BCUT2D eigenvalue weighted by atomic mass is 35.5. The van der Waals surface area contributed by atoms with Gasteiger partial charge in [0.1, 0.15) is 0 Å². The molecule has 134 valence electrons. The third kappa shape index (κ3) is 4.31. The van der Waals surface area contributed by atoms with Crippen LogP contribution in [0, 0.1) is 0 Å². The Morgan fingerprint density at radius 2 is 1.77 bits per heavy atom. The second-order valence-electron chi connectivity index (χ2n) is 5.49. The lowest BCUT2D eigenvalue weighted by molar-refractivity contribution is -0.120. The number of hydrazone groups is 1. The summed E-state index contributed by atoms with van der Waals surface area (Å²) in [5.74, 6) is 0.265. The van der Waals surface area contributed by atoms with Gasteiger partial charge >= 0.3 is 0 Å². The summed E-state index contributed by atoms with van der Waals surface area (Å²) in [5.41, 5.74) is 4.23. The maximum Gasteiger partial charge on any atom is 0.259 e. The van der Waals surface area contributed by atoms with Crippen LogP contribution in [0.4, 0.5) is 0 Å². The number of nitrogens with one attached hydrogen (secondary N) is 2. The molecule has 1 aliphatic heterocycles. The number of ether oxygens (including phenoxy) is 2. The fraction of sp³-hybridized carbons (Fsp3) is 0.167. The summed E-state index contributed by atoms with van der Waals surface area (Å²) in [6, 6.07) is 11.9. The van der Waals surface area contributed by atoms with Gasteiger partial charge in [-0.2, -0.15) is 5.10 Å². The van der Waals surface area contributed by atoms with E-state index in [4.69, 9.17) is 21.1 Å². The van der Waals surface area contributed by atoms with E-state index in [1.165, 1.54) is 0 Å². The van der Waals surface area contributed by atoms with E-state index >= 15 is 0 Å². The van der Waals surface area contributed by atoms with Crippen LogP contribution in [0.1, 0.15) is 22.8 Å². The first-order chi connectivity index (χ1) is 12.5. The number of rotatable bonds is 5. The fourth-order valence-electron chi connectivity index (χ4n) is 2.24. The van der Waals surface area contributed by atoms with Crippen molar-refractivity contribution in [3.8, 4) is 11.5 Å². The van der Waals surface area contributed by atoms with E-state index in [9.17, 15) is 9.59 Å². The third-order valence-corrected chi connectivity index (χ3v) is 3.91. The number of carbonyl (C=O) groups excluding carboxylic acids is 2. The summed E-state index contributed by atoms with van der Waals surface area (Å²) in [7, 11) is 0. The Morgan fingerprint density at radius 1 is 1.08 bits per heavy atom. The zero-order valence-electron chi connectivity index (χ0n) is 13.9. The van der Waals surface area contributed by atoms with Crippen LogP contribution in [0.25, 0.3) is 0 Å². The molecule has 0 unspecified atom stereocenters. The van der Waals surface area contributed by atoms with Gasteiger partial charge in [0.15, 0.2) is 11.5 Å². The van der Waals surface area contributed by atoms with Crippen molar-refractivity contribution in [3.05, 3.63) is 58.6 Å². The normalized spacial score (nSPS) is 12.6. The van der Waals surface area contributed by atoms with Gasteiger partial charge in [0.25, 0.3) is 11.8 Å². The summed E-state index contributed by atoms with van der Waals surface area (Å²) < 4.78 is 10.4. The minimum Gasteiger partial charge on any atom is -0.454 e. The average molecular weight is 374 g/mol. The molecule has 2 aromatic rings. The molecule has 1 aliphatic rings. The van der Waals surface area contributed by atoms with Gasteiger partial charge in [0.2, 0.25) is 6.79 Å². The molecule has 0 spiro atoms. The van der Waals surface area contributed by atoms with Crippen LogP contribution >= 0.6 is 11.6 Å². The Labute approximate surface area is 154 Å². The van der Waals surface area contributed by atoms with E-state index < -0.39 is 11.8 Å². The molecule has 0 bridgehead atoms. The molecule has 1 heterocycles. The maximum absolute atomic E-state index is 12.1. The van der Waals surface area contributed by atoms with Gasteiger partial charge in [0.05, 0.1) is 12.3 Å². The molecule has 26 heavy (non-hydrogen) atoms. The molecule has 0 aliphatic carbocycles. The smallest absolute Gasteiger partial charge is 0.259 e. The number of amides is 2. The molecule has 0 radical (unpaired) electrons. The predicted molar refractivity (Wildman–Crippen MR) is 96.7 cm³/mol. The standard InChI is InChI=1S/C18H16ClN3O4/c1-11(12-2-5-14(19)6-3-12)21-22-17(23)9-20-18(24)13-4-7-15-16(8-13)26-10-25-15/h2-8H,9-10H2,1H3,(H,20,24)(H,22,23). The second-order valence-corrected chi connectivity index (χ2v) is 5.93. The molecule has 0 saturated carbocycles. The molecule has 7 nitrogen and oxygen atoms in total. The van der Waals surface area contributed by atoms with Gasteiger partial charge in [0, 0.05) is 10.6 Å². The summed E-state index contributed by atoms with van der Waals surface area (Å²) in [6.07, 6.45) is 0. The Morgan fingerprint density at radius 3 is 2.54 bits per heavy atom. The van der Waals surface area contributed by atoms with Gasteiger partial charge < -0.3 is 14.8 Å². The average Bonchev–Trinajstić information content (AvgIpc) is 3.12. The van der Waals surface area contributed by atoms with Crippen molar-refractivity contribution in [2.24, 2.45) is 5.10 Å². The number of halogens is 1. The number of fused-ring (bicyclic) bond motifs is 1. The van der Waals surface area contributed by atoms with E-state index in [-0.39, 0.29) is 13.3 Å². The third-order valence-electron chi connectivity index (χ3n) is 3.65. The van der Waals surface area contributed by atoms with E-state index in [2.05, 4.69) is 15.8 Å². The molecule has 8 heteroatoms. The Hall–Kier alpha value is -3.06. The van der Waals surface area contributed by atoms with Crippen LogP contribution in [0.2, 0.25) is 5.02 Å². The van der Waals surface area contributed by atoms with E-state index in [0.29, 0.717) is 27.8 Å². The first kappa shape index (κ1) is 17.8. The molecular weight excluding hydrogens is 358 g/mol. The van der Waals surface area contributed by atoms with Crippen molar-refractivity contribution in [1.82, 2.24) is 10.7 Å². The zero-order chi connectivity index (χ0) is 18.5. The lowest BCUT2D eigenvalue weighted by atomic mass is 10.1. The fourth-order valence-corrected chi connectivity index (χ4v) is 2.37. The molecule has 2 aromatic carbocycles. The lowest BCUT2D eigenvalue weighted by Gasteiger charge is -2.06. The van der Waals surface area contributed by atoms with Gasteiger partial charge in [-0.1, -0.05) is 23.7 Å². The van der Waals surface area contributed by atoms with Crippen molar-refractivity contribution in [2.45, 2.75) is 6.92 Å². The monoisotopic (exact) mass is 373 g/mol. The lowest BCUT2D eigenvalue weighted by Crippen LogP contribution is -2.35. The van der Waals surface area contributed by atoms with Crippen molar-refractivity contribution < 1.29 is 19.1 Å². The highest BCUT2D eigenvalue weighted by Gasteiger charge is 2.16. The number of nitrogens with zero attached hydrogens (tertiary/aromatic N) is 1. The first-order valence-corrected chi connectivity index (χ1v) is 8.17. The number of hydrogen-bond donors (Lipinski definition) is 2. The zero-order valence-corrected chi connectivity index (χ0v) is 14.7. The summed E-state index contributed by atoms with van der Waals surface area (Å²) in [6.45, 7) is 1.69. The minimum atomic E-state index is -0.438. The molecule has 0 fully saturated rings. The Bertz CT molecular complexity index is 865. The molecule has 2 N–H and O–H groups in total. The van der Waals surface area contributed by atoms with E-state index in [1.807, 2.05) is 0 Å². The van der Waals surface area contributed by atoms with Gasteiger partial charge in [-0.25, -0.2) is 5.43 Å². The maximum atomic E-state index is 12.1. The second kappa shape index (κ2) is 7.88. The predicted octanol–water partition coefficient (Wildman–Crippen LogP) is 2.34. The Balaban J connectivity index is 1.51. The Kier molecular flexibility index (Phi) is 5.38. The molecule has 0 atom stereocenters. The molecule has 2 amide bonds. The molecular formula is C18H16ClN3O4. The van der Waals surface area contributed by atoms with Crippen molar-refractivity contribution in [2.75, 3.05) is 13.3 Å². The quantitative estimate of drug-likeness (QED) is 0.622. The van der Waals surface area contributed by atoms with Crippen molar-refractivity contribution in [1.29, 1.82) is 0 Å². The van der Waals surface area contributed by atoms with Gasteiger partial charge in [-0.15, -0.1) is 0 Å². The van der Waals surface area contributed by atoms with Crippen LogP contribution in [-0.2, 0) is 4.79 Å². The van der Waals surface area contributed by atoms with Gasteiger partial charge in [-0.05, 0) is 42.8 Å². The van der Waals surface area contributed by atoms with E-state index in [0.717, 1.165) is 5.56 Å². The van der Waals surface area contributed by atoms with Crippen LogP contribution < -0.4 is 20.2 Å². The largest absolute Gasteiger partial charge is 0.454 e. The van der Waals surface area contributed by atoms with Gasteiger partial charge in [-0.3, -0.25) is 9.59 Å². The number of benzene rings is 2. The van der Waals surface area contributed by atoms with Crippen molar-refractivity contribution >= 4 is 29.1 Å². The SMILES string of the molecule is CC(=NNC(=O)CNC(=O)c1ccc2c(c1)OCO2)c1ccc(Cl)cc1. The van der Waals surface area contributed by atoms with Crippen LogP contribution in [0.15, 0.2) is 47.6 Å².